The third-order valence-electron chi connectivity index (χ3n) is 2.65. The number of aromatic nitrogens is 2. The molecule has 2 rings (SSSR count). The van der Waals surface area contributed by atoms with Crippen LogP contribution in [0.1, 0.15) is 17.4 Å². The number of nitrogens with one attached hydrogen (secondary N) is 2. The number of amides is 2. The molecule has 0 atom stereocenters. The van der Waals surface area contributed by atoms with E-state index in [2.05, 4.69) is 22.3 Å². The normalized spacial score (nSPS) is 9.95. The predicted octanol–water partition coefficient (Wildman–Crippen LogP) is 1.75. The Morgan fingerprint density at radius 2 is 2.05 bits per heavy atom. The smallest absolute Gasteiger partial charge is 0.272 e. The largest absolute Gasteiger partial charge is 0.347 e. The van der Waals surface area contributed by atoms with Crippen LogP contribution in [0.25, 0.3) is 5.69 Å². The molecule has 2 aromatic rings. The molecule has 6 heteroatoms. The number of carbonyl (C=O) groups is 2. The Balaban J connectivity index is 2.38. The van der Waals surface area contributed by atoms with E-state index in [1.807, 2.05) is 30.3 Å². The maximum Gasteiger partial charge on any atom is 0.272 e. The lowest BCUT2D eigenvalue weighted by atomic mass is 10.3. The Kier molecular flexibility index (Phi) is 4.50. The molecule has 1 heterocycles. The molecule has 0 aliphatic carbocycles. The third-order valence-corrected chi connectivity index (χ3v) is 2.65. The topological polar surface area (TPSA) is 76.0 Å². The summed E-state index contributed by atoms with van der Waals surface area (Å²) in [5.74, 6) is -0.112. The van der Waals surface area contributed by atoms with E-state index >= 15 is 0 Å². The average Bonchev–Trinajstić information content (AvgIpc) is 2.89. The van der Waals surface area contributed by atoms with E-state index in [1.165, 1.54) is 17.7 Å². The van der Waals surface area contributed by atoms with Crippen LogP contribution in [0.2, 0.25) is 0 Å². The molecular weight excluding hydrogens is 268 g/mol. The summed E-state index contributed by atoms with van der Waals surface area (Å²) in [6.07, 6.45) is 1.58. The SMILES string of the molecule is C=CCNC(=O)c1cc(NC(C)=O)n(-c2ccccc2)n1. The Hall–Kier alpha value is -2.89. The van der Waals surface area contributed by atoms with E-state index in [0.717, 1.165) is 5.69 Å². The molecule has 108 valence electrons. The Morgan fingerprint density at radius 1 is 1.33 bits per heavy atom. The maximum absolute atomic E-state index is 11.9. The first-order valence-corrected chi connectivity index (χ1v) is 6.44. The molecule has 1 aromatic heterocycles. The molecule has 0 saturated carbocycles. The molecule has 2 amide bonds. The van der Waals surface area contributed by atoms with Crippen molar-refractivity contribution >= 4 is 17.6 Å². The van der Waals surface area contributed by atoms with Crippen LogP contribution in [-0.2, 0) is 4.79 Å². The number of nitrogens with zero attached hydrogens (tertiary/aromatic N) is 2. The van der Waals surface area contributed by atoms with Gasteiger partial charge in [-0.1, -0.05) is 24.3 Å². The van der Waals surface area contributed by atoms with Crippen LogP contribution in [0.3, 0.4) is 0 Å². The number of para-hydroxylation sites is 1. The van der Waals surface area contributed by atoms with Crippen molar-refractivity contribution < 1.29 is 9.59 Å². The fraction of sp³-hybridized carbons (Fsp3) is 0.133. The zero-order chi connectivity index (χ0) is 15.2. The van der Waals surface area contributed by atoms with Gasteiger partial charge in [0.05, 0.1) is 5.69 Å². The lowest BCUT2D eigenvalue weighted by molar-refractivity contribution is -0.114. The molecule has 0 unspecified atom stereocenters. The minimum atomic E-state index is -0.323. The number of rotatable bonds is 5. The van der Waals surface area contributed by atoms with Crippen molar-refractivity contribution in [1.82, 2.24) is 15.1 Å². The van der Waals surface area contributed by atoms with Crippen LogP contribution < -0.4 is 10.6 Å². The summed E-state index contributed by atoms with van der Waals surface area (Å²) in [6, 6.07) is 10.8. The molecule has 0 saturated heterocycles. The molecule has 0 radical (unpaired) electrons. The second-order valence-electron chi connectivity index (χ2n) is 4.34. The van der Waals surface area contributed by atoms with Crippen molar-refractivity contribution in [2.24, 2.45) is 0 Å². The van der Waals surface area contributed by atoms with Gasteiger partial charge >= 0.3 is 0 Å². The van der Waals surface area contributed by atoms with Crippen LogP contribution in [-0.4, -0.2) is 28.1 Å². The summed E-state index contributed by atoms with van der Waals surface area (Å²) in [7, 11) is 0. The Labute approximate surface area is 122 Å². The molecule has 21 heavy (non-hydrogen) atoms. The summed E-state index contributed by atoms with van der Waals surface area (Å²) >= 11 is 0. The van der Waals surface area contributed by atoms with Crippen LogP contribution in [0.5, 0.6) is 0 Å². The summed E-state index contributed by atoms with van der Waals surface area (Å²) in [4.78, 5) is 23.2. The van der Waals surface area contributed by atoms with E-state index in [1.54, 1.807) is 6.08 Å². The fourth-order valence-electron chi connectivity index (χ4n) is 1.78. The van der Waals surface area contributed by atoms with E-state index < -0.39 is 0 Å². The van der Waals surface area contributed by atoms with E-state index in [-0.39, 0.29) is 17.5 Å². The number of hydrogen-bond acceptors (Lipinski definition) is 3. The van der Waals surface area contributed by atoms with E-state index in [0.29, 0.717) is 12.4 Å². The van der Waals surface area contributed by atoms with Gasteiger partial charge in [0.25, 0.3) is 5.91 Å². The van der Waals surface area contributed by atoms with Gasteiger partial charge in [0, 0.05) is 19.5 Å². The first-order chi connectivity index (χ1) is 10.1. The highest BCUT2D eigenvalue weighted by atomic mass is 16.2. The first-order valence-electron chi connectivity index (χ1n) is 6.44. The number of carbonyl (C=O) groups excluding carboxylic acids is 2. The van der Waals surface area contributed by atoms with Crippen molar-refractivity contribution in [3.8, 4) is 5.69 Å². The van der Waals surface area contributed by atoms with Gasteiger partial charge in [0.15, 0.2) is 5.69 Å². The molecular formula is C15H16N4O2. The van der Waals surface area contributed by atoms with Crippen molar-refractivity contribution in [3.63, 3.8) is 0 Å². The summed E-state index contributed by atoms with van der Waals surface area (Å²) < 4.78 is 1.52. The summed E-state index contributed by atoms with van der Waals surface area (Å²) in [5.41, 5.74) is 0.980. The monoisotopic (exact) mass is 284 g/mol. The zero-order valence-corrected chi connectivity index (χ0v) is 11.7. The quantitative estimate of drug-likeness (QED) is 0.821. The molecule has 6 nitrogen and oxygen atoms in total. The van der Waals surface area contributed by atoms with Crippen LogP contribution in [0, 0.1) is 0 Å². The molecule has 1 aromatic carbocycles. The Morgan fingerprint density at radius 3 is 2.67 bits per heavy atom. The highest BCUT2D eigenvalue weighted by Crippen LogP contribution is 2.17. The third kappa shape index (κ3) is 3.56. The Bertz CT molecular complexity index is 662. The van der Waals surface area contributed by atoms with Crippen molar-refractivity contribution in [1.29, 1.82) is 0 Å². The highest BCUT2D eigenvalue weighted by molar-refractivity contribution is 5.95. The van der Waals surface area contributed by atoms with Crippen molar-refractivity contribution in [2.75, 3.05) is 11.9 Å². The predicted molar refractivity (Wildman–Crippen MR) is 80.4 cm³/mol. The standard InChI is InChI=1S/C15H16N4O2/c1-3-9-16-15(21)13-10-14(17-11(2)20)19(18-13)12-7-5-4-6-8-12/h3-8,10H,1,9H2,2H3,(H,16,21)(H,17,20). The van der Waals surface area contributed by atoms with Gasteiger partial charge in [-0.05, 0) is 12.1 Å². The van der Waals surface area contributed by atoms with Crippen LogP contribution in [0.4, 0.5) is 5.82 Å². The summed E-state index contributed by atoms with van der Waals surface area (Å²) in [6.45, 7) is 5.29. The van der Waals surface area contributed by atoms with E-state index in [9.17, 15) is 9.59 Å². The van der Waals surface area contributed by atoms with Crippen molar-refractivity contribution in [2.45, 2.75) is 6.92 Å². The molecule has 2 N–H and O–H groups in total. The molecule has 0 bridgehead atoms. The lowest BCUT2D eigenvalue weighted by Gasteiger charge is -2.06. The summed E-state index contributed by atoms with van der Waals surface area (Å²) in [5, 5.41) is 9.55. The van der Waals surface area contributed by atoms with Crippen LogP contribution >= 0.6 is 0 Å². The number of hydrogen-bond donors (Lipinski definition) is 2. The van der Waals surface area contributed by atoms with E-state index in [4.69, 9.17) is 0 Å². The second-order valence-corrected chi connectivity index (χ2v) is 4.34. The van der Waals surface area contributed by atoms with Gasteiger partial charge < -0.3 is 10.6 Å². The maximum atomic E-state index is 11.9. The van der Waals surface area contributed by atoms with Gasteiger partial charge in [-0.3, -0.25) is 9.59 Å². The highest BCUT2D eigenvalue weighted by Gasteiger charge is 2.15. The van der Waals surface area contributed by atoms with Gasteiger partial charge in [0.2, 0.25) is 5.91 Å². The molecule has 0 aliphatic rings. The van der Waals surface area contributed by atoms with Gasteiger partial charge in [-0.15, -0.1) is 6.58 Å². The average molecular weight is 284 g/mol. The number of anilines is 1. The van der Waals surface area contributed by atoms with Gasteiger partial charge in [0.1, 0.15) is 5.82 Å². The van der Waals surface area contributed by atoms with Crippen molar-refractivity contribution in [3.05, 3.63) is 54.7 Å². The molecule has 0 fully saturated rings. The molecule has 0 spiro atoms. The first kappa shape index (κ1) is 14.5. The fourth-order valence-corrected chi connectivity index (χ4v) is 1.78. The van der Waals surface area contributed by atoms with Gasteiger partial charge in [-0.25, -0.2) is 4.68 Å². The molecule has 0 aliphatic heterocycles. The van der Waals surface area contributed by atoms with Gasteiger partial charge in [-0.2, -0.15) is 5.10 Å². The minimum Gasteiger partial charge on any atom is -0.347 e. The number of benzene rings is 1. The zero-order valence-electron chi connectivity index (χ0n) is 11.7. The minimum absolute atomic E-state index is 0.226. The second kappa shape index (κ2) is 6.51. The lowest BCUT2D eigenvalue weighted by Crippen LogP contribution is -2.23. The van der Waals surface area contributed by atoms with Crippen LogP contribution in [0.15, 0.2) is 49.1 Å².